The molecule has 0 saturated carbocycles. The van der Waals surface area contributed by atoms with Crippen LogP contribution in [-0.4, -0.2) is 50.3 Å². The third-order valence-corrected chi connectivity index (χ3v) is 4.97. The van der Waals surface area contributed by atoms with Gasteiger partial charge in [0, 0.05) is 0 Å². The van der Waals surface area contributed by atoms with E-state index in [1.54, 1.807) is 52.0 Å². The summed E-state index contributed by atoms with van der Waals surface area (Å²) >= 11 is 0. The molecule has 8 heteroatoms. The van der Waals surface area contributed by atoms with Gasteiger partial charge in [0.1, 0.15) is 0 Å². The van der Waals surface area contributed by atoms with Crippen molar-refractivity contribution in [2.75, 3.05) is 26.4 Å². The van der Waals surface area contributed by atoms with Gasteiger partial charge in [-0.2, -0.15) is 0 Å². The van der Waals surface area contributed by atoms with Crippen molar-refractivity contribution in [1.82, 2.24) is 0 Å². The molecule has 0 saturated heterocycles. The molecule has 8 nitrogen and oxygen atoms in total. The predicted molar refractivity (Wildman–Crippen MR) is 129 cm³/mol. The zero-order valence-corrected chi connectivity index (χ0v) is 20.8. The molecule has 190 valence electrons. The lowest BCUT2D eigenvalue weighted by Gasteiger charge is -2.27. The molecule has 0 aromatic carbocycles. The van der Waals surface area contributed by atoms with Gasteiger partial charge in [-0.15, -0.1) is 13.2 Å². The molecule has 0 aliphatic heterocycles. The van der Waals surface area contributed by atoms with Crippen LogP contribution in [0.1, 0.15) is 53.4 Å². The normalized spacial score (nSPS) is 11.8. The maximum Gasteiger partial charge on any atom is 0.324 e. The molecule has 0 rings (SSSR count). The fourth-order valence-electron chi connectivity index (χ4n) is 3.27. The zero-order chi connectivity index (χ0) is 26.0. The van der Waals surface area contributed by atoms with Crippen LogP contribution in [-0.2, 0) is 38.1 Å². The predicted octanol–water partition coefficient (Wildman–Crippen LogP) is 4.26. The highest BCUT2D eigenvalue weighted by molar-refractivity contribution is 6.01. The summed E-state index contributed by atoms with van der Waals surface area (Å²) in [5.74, 6) is -2.73. The Hall–Kier alpha value is -3.16. The van der Waals surface area contributed by atoms with Gasteiger partial charge in [0.05, 0.1) is 26.4 Å². The van der Waals surface area contributed by atoms with Crippen molar-refractivity contribution < 1.29 is 38.1 Å². The standard InChI is InChI=1S/C26H38O8/c1-7-17-25(21(27)31-9-3,22(28)32-10-4)19-15-13-14-16-20-26(18-8-2,23(29)33-11-5)24(30)34-12-6/h7-8,13-16H,1-2,9-12,17-20H2,3-6H3/b15-13+,16-14+. The summed E-state index contributed by atoms with van der Waals surface area (Å²) in [6.45, 7) is 14.4. The maximum atomic E-state index is 12.6. The first kappa shape index (κ1) is 30.8. The summed E-state index contributed by atoms with van der Waals surface area (Å²) in [5, 5.41) is 0. The van der Waals surface area contributed by atoms with Crippen LogP contribution in [0, 0.1) is 10.8 Å². The van der Waals surface area contributed by atoms with Crippen molar-refractivity contribution in [2.24, 2.45) is 10.8 Å². The zero-order valence-electron chi connectivity index (χ0n) is 20.8. The van der Waals surface area contributed by atoms with E-state index in [9.17, 15) is 19.2 Å². The van der Waals surface area contributed by atoms with E-state index < -0.39 is 34.7 Å². The van der Waals surface area contributed by atoms with Crippen molar-refractivity contribution >= 4 is 23.9 Å². The number of ether oxygens (including phenoxy) is 4. The molecule has 0 heterocycles. The minimum Gasteiger partial charge on any atom is -0.465 e. The summed E-state index contributed by atoms with van der Waals surface area (Å²) in [6.07, 6.45) is 9.56. The Morgan fingerprint density at radius 1 is 0.559 bits per heavy atom. The van der Waals surface area contributed by atoms with Gasteiger partial charge in [-0.3, -0.25) is 19.2 Å². The molecule has 0 unspecified atom stereocenters. The van der Waals surface area contributed by atoms with Crippen molar-refractivity contribution in [3.8, 4) is 0 Å². The summed E-state index contributed by atoms with van der Waals surface area (Å²) in [5.41, 5.74) is -3.08. The second-order valence-electron chi connectivity index (χ2n) is 7.30. The van der Waals surface area contributed by atoms with Gasteiger partial charge < -0.3 is 18.9 Å². The number of rotatable bonds is 17. The minimum atomic E-state index is -1.54. The van der Waals surface area contributed by atoms with E-state index in [4.69, 9.17) is 18.9 Å². The van der Waals surface area contributed by atoms with Gasteiger partial charge in [-0.05, 0) is 53.4 Å². The molecule has 0 N–H and O–H groups in total. The Morgan fingerprint density at radius 3 is 1.03 bits per heavy atom. The molecule has 0 radical (unpaired) electrons. The highest BCUT2D eigenvalue weighted by atomic mass is 16.6. The molecule has 0 bridgehead atoms. The lowest BCUT2D eigenvalue weighted by Crippen LogP contribution is -2.41. The number of esters is 4. The van der Waals surface area contributed by atoms with Crippen molar-refractivity contribution in [3.05, 3.63) is 49.6 Å². The molecule has 0 aromatic heterocycles. The van der Waals surface area contributed by atoms with Gasteiger partial charge in [-0.1, -0.05) is 36.5 Å². The van der Waals surface area contributed by atoms with Crippen LogP contribution < -0.4 is 0 Å². The fourth-order valence-corrected chi connectivity index (χ4v) is 3.27. The number of hydrogen-bond acceptors (Lipinski definition) is 8. The van der Waals surface area contributed by atoms with Gasteiger partial charge >= 0.3 is 23.9 Å². The Kier molecular flexibility index (Phi) is 14.9. The number of carbonyl (C=O) groups excluding carboxylic acids is 4. The highest BCUT2D eigenvalue weighted by Crippen LogP contribution is 2.33. The van der Waals surface area contributed by atoms with Crippen molar-refractivity contribution in [2.45, 2.75) is 53.4 Å². The average Bonchev–Trinajstić information content (AvgIpc) is 2.80. The van der Waals surface area contributed by atoms with Crippen LogP contribution in [0.2, 0.25) is 0 Å². The van der Waals surface area contributed by atoms with Gasteiger partial charge in [0.25, 0.3) is 0 Å². The average molecular weight is 479 g/mol. The second kappa shape index (κ2) is 16.5. The molecule has 0 atom stereocenters. The maximum absolute atomic E-state index is 12.6. The molecule has 0 aromatic rings. The van der Waals surface area contributed by atoms with Crippen LogP contribution in [0.15, 0.2) is 49.6 Å². The Bertz CT molecular complexity index is 663. The van der Waals surface area contributed by atoms with E-state index in [0.717, 1.165) is 0 Å². The summed E-state index contributed by atoms with van der Waals surface area (Å²) in [6, 6.07) is 0. The molecule has 0 fully saturated rings. The number of carbonyl (C=O) groups is 4. The fraction of sp³-hybridized carbons (Fsp3) is 0.538. The van der Waals surface area contributed by atoms with Crippen LogP contribution >= 0.6 is 0 Å². The quantitative estimate of drug-likeness (QED) is 0.100. The van der Waals surface area contributed by atoms with Crippen LogP contribution in [0.4, 0.5) is 0 Å². The van der Waals surface area contributed by atoms with Gasteiger partial charge in [-0.25, -0.2) is 0 Å². The summed E-state index contributed by atoms with van der Waals surface area (Å²) in [4.78, 5) is 50.5. The van der Waals surface area contributed by atoms with Gasteiger partial charge in [0.15, 0.2) is 10.8 Å². The topological polar surface area (TPSA) is 105 Å². The second-order valence-corrected chi connectivity index (χ2v) is 7.30. The third kappa shape index (κ3) is 8.32. The molecule has 0 amide bonds. The van der Waals surface area contributed by atoms with E-state index in [-0.39, 0.29) is 52.1 Å². The minimum absolute atomic E-state index is 0.0224. The van der Waals surface area contributed by atoms with E-state index in [0.29, 0.717) is 0 Å². The van der Waals surface area contributed by atoms with E-state index in [2.05, 4.69) is 13.2 Å². The van der Waals surface area contributed by atoms with Crippen molar-refractivity contribution in [1.29, 1.82) is 0 Å². The molecular weight excluding hydrogens is 440 g/mol. The van der Waals surface area contributed by atoms with Crippen LogP contribution in [0.25, 0.3) is 0 Å². The largest absolute Gasteiger partial charge is 0.465 e. The van der Waals surface area contributed by atoms with E-state index >= 15 is 0 Å². The lowest BCUT2D eigenvalue weighted by molar-refractivity contribution is -0.173. The first-order chi connectivity index (χ1) is 16.3. The first-order valence-corrected chi connectivity index (χ1v) is 11.5. The molecule has 0 aliphatic carbocycles. The third-order valence-electron chi connectivity index (χ3n) is 4.97. The first-order valence-electron chi connectivity index (χ1n) is 11.5. The summed E-state index contributed by atoms with van der Waals surface area (Å²) in [7, 11) is 0. The van der Waals surface area contributed by atoms with Crippen molar-refractivity contribution in [3.63, 3.8) is 0 Å². The van der Waals surface area contributed by atoms with E-state index in [1.807, 2.05) is 0 Å². The van der Waals surface area contributed by atoms with Crippen LogP contribution in [0.3, 0.4) is 0 Å². The summed E-state index contributed by atoms with van der Waals surface area (Å²) < 4.78 is 20.5. The van der Waals surface area contributed by atoms with Crippen LogP contribution in [0.5, 0.6) is 0 Å². The van der Waals surface area contributed by atoms with Gasteiger partial charge in [0.2, 0.25) is 0 Å². The molecule has 34 heavy (non-hydrogen) atoms. The Labute approximate surface area is 202 Å². The molecular formula is C26H38O8. The van der Waals surface area contributed by atoms with E-state index in [1.165, 1.54) is 12.2 Å². The Morgan fingerprint density at radius 2 is 0.824 bits per heavy atom. The smallest absolute Gasteiger partial charge is 0.324 e. The highest BCUT2D eigenvalue weighted by Gasteiger charge is 2.48. The molecule has 0 aliphatic rings. The number of hydrogen-bond donors (Lipinski definition) is 0. The Balaban J connectivity index is 5.77. The SMILES string of the molecule is C=CCC(C/C=C/C=C/CC(CC=C)(C(=O)OCC)C(=O)OCC)(C(=O)OCC)C(=O)OCC. The number of allylic oxidation sites excluding steroid dienone is 6. The monoisotopic (exact) mass is 478 g/mol. The molecule has 0 spiro atoms. The lowest BCUT2D eigenvalue weighted by atomic mass is 9.80.